The van der Waals surface area contributed by atoms with Crippen LogP contribution in [-0.4, -0.2) is 50.5 Å². The summed E-state index contributed by atoms with van der Waals surface area (Å²) in [5, 5.41) is 3.16. The summed E-state index contributed by atoms with van der Waals surface area (Å²) in [4.78, 5) is 27.1. The van der Waals surface area contributed by atoms with Crippen LogP contribution in [0.5, 0.6) is 0 Å². The molecule has 0 aliphatic rings. The Labute approximate surface area is 196 Å². The molecular weight excluding hydrogens is 506 g/mol. The molecule has 2 aromatic rings. The first-order chi connectivity index (χ1) is 14.5. The van der Waals surface area contributed by atoms with Crippen LogP contribution in [0.3, 0.4) is 0 Å². The number of amides is 2. The van der Waals surface area contributed by atoms with Gasteiger partial charge in [-0.05, 0) is 55.8 Å². The van der Waals surface area contributed by atoms with E-state index in [-0.39, 0.29) is 12.5 Å². The number of nitrogens with zero attached hydrogens (tertiary/aromatic N) is 2. The Balaban J connectivity index is 2.35. The Morgan fingerprint density at radius 1 is 1.10 bits per heavy atom. The van der Waals surface area contributed by atoms with E-state index in [2.05, 4.69) is 21.2 Å². The highest BCUT2D eigenvalue weighted by Gasteiger charge is 2.29. The molecule has 0 spiro atoms. The maximum atomic E-state index is 13.3. The summed E-state index contributed by atoms with van der Waals surface area (Å²) in [6, 6.07) is 12.7. The van der Waals surface area contributed by atoms with E-state index >= 15 is 0 Å². The van der Waals surface area contributed by atoms with Crippen LogP contribution in [0.4, 0.5) is 5.69 Å². The lowest BCUT2D eigenvalue weighted by Crippen LogP contribution is -2.51. The fourth-order valence-electron chi connectivity index (χ4n) is 2.91. The molecule has 1 unspecified atom stereocenters. The minimum atomic E-state index is -3.76. The van der Waals surface area contributed by atoms with E-state index in [9.17, 15) is 18.0 Å². The summed E-state index contributed by atoms with van der Waals surface area (Å²) in [5.74, 6) is -0.813. The number of hydrogen-bond acceptors (Lipinski definition) is 4. The van der Waals surface area contributed by atoms with Crippen LogP contribution in [0, 0.1) is 0 Å². The number of likely N-dealkylation sites (N-methyl/N-ethyl adjacent to an activating group) is 1. The van der Waals surface area contributed by atoms with Gasteiger partial charge < -0.3 is 10.2 Å². The van der Waals surface area contributed by atoms with E-state index in [1.54, 1.807) is 26.0 Å². The lowest BCUT2D eigenvalue weighted by molar-refractivity contribution is -0.139. The molecule has 2 rings (SSSR count). The first kappa shape index (κ1) is 25.2. The molecule has 10 heteroatoms. The third-order valence-corrected chi connectivity index (χ3v) is 6.50. The normalized spacial score (nSPS) is 12.2. The second-order valence-corrected chi connectivity index (χ2v) is 10.2. The third kappa shape index (κ3) is 7.22. The van der Waals surface area contributed by atoms with Gasteiger partial charge in [-0.2, -0.15) is 0 Å². The van der Waals surface area contributed by atoms with Gasteiger partial charge >= 0.3 is 0 Å². The molecule has 1 N–H and O–H groups in total. The number of carbonyl (C=O) groups is 2. The zero-order chi connectivity index (χ0) is 23.2. The van der Waals surface area contributed by atoms with Crippen molar-refractivity contribution in [2.24, 2.45) is 0 Å². The molecule has 0 aliphatic carbocycles. The molecule has 7 nitrogen and oxygen atoms in total. The molecule has 0 radical (unpaired) electrons. The summed E-state index contributed by atoms with van der Waals surface area (Å²) in [6.07, 6.45) is 1.03. The van der Waals surface area contributed by atoms with Gasteiger partial charge in [-0.1, -0.05) is 39.7 Å². The molecule has 0 aromatic heterocycles. The van der Waals surface area contributed by atoms with E-state index < -0.39 is 28.5 Å². The molecule has 1 atom stereocenters. The van der Waals surface area contributed by atoms with Crippen molar-refractivity contribution in [3.8, 4) is 0 Å². The maximum Gasteiger partial charge on any atom is 0.244 e. The standard InChI is InChI=1S/C21H25BrClN3O4S/c1-4-24-21(28)15(2)25(13-16-5-7-17(22)8-6-16)20(27)14-26(31(3,29)30)19-11-9-18(23)10-12-19/h5-12,15H,4,13-14H2,1-3H3,(H,24,28). The SMILES string of the molecule is CCNC(=O)C(C)N(Cc1ccc(Br)cc1)C(=O)CN(c1ccc(Cl)cc1)S(C)(=O)=O. The average molecular weight is 531 g/mol. The van der Waals surface area contributed by atoms with Crippen molar-refractivity contribution in [1.82, 2.24) is 10.2 Å². The van der Waals surface area contributed by atoms with E-state index in [1.165, 1.54) is 17.0 Å². The molecule has 2 amide bonds. The number of anilines is 1. The van der Waals surface area contributed by atoms with Gasteiger partial charge in [0.05, 0.1) is 11.9 Å². The van der Waals surface area contributed by atoms with Crippen LogP contribution >= 0.6 is 27.5 Å². The van der Waals surface area contributed by atoms with Crippen molar-refractivity contribution in [3.63, 3.8) is 0 Å². The van der Waals surface area contributed by atoms with Crippen molar-refractivity contribution in [1.29, 1.82) is 0 Å². The molecule has 0 bridgehead atoms. The van der Waals surface area contributed by atoms with Crippen molar-refractivity contribution < 1.29 is 18.0 Å². The molecular formula is C21H25BrClN3O4S. The van der Waals surface area contributed by atoms with Gasteiger partial charge in [0.1, 0.15) is 12.6 Å². The van der Waals surface area contributed by atoms with Crippen LogP contribution < -0.4 is 9.62 Å². The van der Waals surface area contributed by atoms with Gasteiger partial charge in [0.15, 0.2) is 0 Å². The van der Waals surface area contributed by atoms with E-state index in [0.29, 0.717) is 17.3 Å². The molecule has 0 saturated heterocycles. The lowest BCUT2D eigenvalue weighted by Gasteiger charge is -2.31. The molecule has 168 valence electrons. The molecule has 0 heterocycles. The van der Waals surface area contributed by atoms with Crippen molar-refractivity contribution >= 4 is 55.1 Å². The van der Waals surface area contributed by atoms with Crippen LogP contribution in [0.25, 0.3) is 0 Å². The summed E-state index contributed by atoms with van der Waals surface area (Å²) in [7, 11) is -3.76. The van der Waals surface area contributed by atoms with Gasteiger partial charge in [-0.3, -0.25) is 13.9 Å². The first-order valence-corrected chi connectivity index (χ1v) is 12.6. The molecule has 0 aliphatic heterocycles. The Bertz CT molecular complexity index is 1010. The highest BCUT2D eigenvalue weighted by atomic mass is 79.9. The number of sulfonamides is 1. The van der Waals surface area contributed by atoms with E-state index in [4.69, 9.17) is 11.6 Å². The minimum Gasteiger partial charge on any atom is -0.355 e. The van der Waals surface area contributed by atoms with E-state index in [1.807, 2.05) is 24.3 Å². The maximum absolute atomic E-state index is 13.3. The van der Waals surface area contributed by atoms with Crippen molar-refractivity contribution in [2.45, 2.75) is 26.4 Å². The number of hydrogen-bond donors (Lipinski definition) is 1. The second kappa shape index (κ2) is 11.0. The summed E-state index contributed by atoms with van der Waals surface area (Å²) >= 11 is 9.27. The van der Waals surface area contributed by atoms with Crippen LogP contribution in [0.15, 0.2) is 53.0 Å². The summed E-state index contributed by atoms with van der Waals surface area (Å²) < 4.78 is 26.7. The van der Waals surface area contributed by atoms with Crippen LogP contribution in [0.1, 0.15) is 19.4 Å². The minimum absolute atomic E-state index is 0.155. The molecule has 0 saturated carbocycles. The topological polar surface area (TPSA) is 86.8 Å². The Hall–Kier alpha value is -2.10. The first-order valence-electron chi connectivity index (χ1n) is 9.57. The lowest BCUT2D eigenvalue weighted by atomic mass is 10.1. The van der Waals surface area contributed by atoms with E-state index in [0.717, 1.165) is 20.6 Å². The van der Waals surface area contributed by atoms with Gasteiger partial charge in [-0.15, -0.1) is 0 Å². The quantitative estimate of drug-likeness (QED) is 0.538. The fourth-order valence-corrected chi connectivity index (χ4v) is 4.15. The zero-order valence-corrected chi connectivity index (χ0v) is 20.7. The predicted molar refractivity (Wildman–Crippen MR) is 126 cm³/mol. The molecule has 31 heavy (non-hydrogen) atoms. The Morgan fingerprint density at radius 3 is 2.19 bits per heavy atom. The van der Waals surface area contributed by atoms with Gasteiger partial charge in [0.2, 0.25) is 21.8 Å². The average Bonchev–Trinajstić information content (AvgIpc) is 2.71. The Morgan fingerprint density at radius 2 is 1.68 bits per heavy atom. The van der Waals surface area contributed by atoms with Crippen LogP contribution in [-0.2, 0) is 26.2 Å². The fraction of sp³-hybridized carbons (Fsp3) is 0.333. The number of rotatable bonds is 9. The number of nitrogens with one attached hydrogen (secondary N) is 1. The van der Waals surface area contributed by atoms with Crippen LogP contribution in [0.2, 0.25) is 5.02 Å². The zero-order valence-electron chi connectivity index (χ0n) is 17.5. The highest BCUT2D eigenvalue weighted by molar-refractivity contribution is 9.10. The predicted octanol–water partition coefficient (Wildman–Crippen LogP) is 3.42. The van der Waals surface area contributed by atoms with Crippen molar-refractivity contribution in [2.75, 3.05) is 23.7 Å². The van der Waals surface area contributed by atoms with Crippen molar-refractivity contribution in [3.05, 3.63) is 63.6 Å². The van der Waals surface area contributed by atoms with Gasteiger partial charge in [0, 0.05) is 22.6 Å². The third-order valence-electron chi connectivity index (χ3n) is 4.58. The number of benzene rings is 2. The number of halogens is 2. The van der Waals surface area contributed by atoms with Gasteiger partial charge in [-0.25, -0.2) is 8.42 Å². The highest BCUT2D eigenvalue weighted by Crippen LogP contribution is 2.21. The monoisotopic (exact) mass is 529 g/mol. The number of carbonyl (C=O) groups excluding carboxylic acids is 2. The second-order valence-electron chi connectivity index (χ2n) is 6.96. The smallest absolute Gasteiger partial charge is 0.244 e. The molecule has 0 fully saturated rings. The van der Waals surface area contributed by atoms with Gasteiger partial charge in [0.25, 0.3) is 0 Å². The summed E-state index contributed by atoms with van der Waals surface area (Å²) in [6.45, 7) is 3.54. The summed E-state index contributed by atoms with van der Waals surface area (Å²) in [5.41, 5.74) is 1.12. The Kier molecular flexibility index (Phi) is 8.90. The largest absolute Gasteiger partial charge is 0.355 e. The molecule has 2 aromatic carbocycles.